The molecule has 0 spiro atoms. The van der Waals surface area contributed by atoms with E-state index in [1.54, 1.807) is 31.9 Å². The molecule has 2 aromatic heterocycles. The average molecular weight is 366 g/mol. The maximum absolute atomic E-state index is 12.2. The van der Waals surface area contributed by atoms with Crippen LogP contribution in [0.4, 0.5) is 11.4 Å². The largest absolute Gasteiger partial charge is 0.497 e. The minimum atomic E-state index is -0.0822. The van der Waals surface area contributed by atoms with Gasteiger partial charge in [0.05, 0.1) is 43.3 Å². The number of hydrogen-bond donors (Lipinski definition) is 1. The van der Waals surface area contributed by atoms with Crippen molar-refractivity contribution in [1.82, 2.24) is 19.7 Å². The van der Waals surface area contributed by atoms with Gasteiger partial charge in [0.2, 0.25) is 5.91 Å². The van der Waals surface area contributed by atoms with E-state index in [-0.39, 0.29) is 5.91 Å². The van der Waals surface area contributed by atoms with Crippen LogP contribution in [-0.4, -0.2) is 46.9 Å². The molecule has 3 rings (SSSR count). The number of carbonyl (C=O) groups is 1. The van der Waals surface area contributed by atoms with Gasteiger partial charge in [-0.1, -0.05) is 12.1 Å². The average Bonchev–Trinajstić information content (AvgIpc) is 3.15. The van der Waals surface area contributed by atoms with Gasteiger partial charge in [0.25, 0.3) is 5.95 Å². The highest BCUT2D eigenvalue weighted by atomic mass is 16.5. The Labute approximate surface area is 157 Å². The first-order valence-electron chi connectivity index (χ1n) is 8.52. The Balaban J connectivity index is 1.57. The van der Waals surface area contributed by atoms with Gasteiger partial charge in [-0.25, -0.2) is 14.6 Å². The second-order valence-electron chi connectivity index (χ2n) is 6.21. The lowest BCUT2D eigenvalue weighted by atomic mass is 10.1. The first-order valence-corrected chi connectivity index (χ1v) is 8.52. The molecule has 140 valence electrons. The Morgan fingerprint density at radius 1 is 1.22 bits per heavy atom. The van der Waals surface area contributed by atoms with E-state index in [4.69, 9.17) is 4.74 Å². The van der Waals surface area contributed by atoms with Crippen LogP contribution in [0.3, 0.4) is 0 Å². The second kappa shape index (κ2) is 8.31. The van der Waals surface area contributed by atoms with Gasteiger partial charge < -0.3 is 15.0 Å². The number of rotatable bonds is 7. The molecule has 1 amide bonds. The van der Waals surface area contributed by atoms with Crippen LogP contribution in [0.5, 0.6) is 5.75 Å². The fraction of sp³-hybridized carbons (Fsp3) is 0.263. The molecule has 1 N–H and O–H groups in total. The van der Waals surface area contributed by atoms with E-state index in [2.05, 4.69) is 20.4 Å². The standard InChI is InChI=1S/C19H22N6O2/c1-24(2)16-11-20-19(21-12-16)25-13-15(10-22-25)23-18(26)8-7-14-5-4-6-17(9-14)27-3/h4-6,9-13H,7-8H2,1-3H3,(H,23,26). The fourth-order valence-corrected chi connectivity index (χ4v) is 2.47. The van der Waals surface area contributed by atoms with Crippen LogP contribution in [0, 0.1) is 0 Å². The molecular formula is C19H22N6O2. The molecule has 8 nitrogen and oxygen atoms in total. The number of aromatic nitrogens is 4. The molecule has 0 saturated heterocycles. The number of hydrogen-bond acceptors (Lipinski definition) is 6. The van der Waals surface area contributed by atoms with Gasteiger partial charge in [0, 0.05) is 20.5 Å². The summed E-state index contributed by atoms with van der Waals surface area (Å²) in [5, 5.41) is 7.05. The Morgan fingerprint density at radius 2 is 2.00 bits per heavy atom. The molecule has 27 heavy (non-hydrogen) atoms. The predicted molar refractivity (Wildman–Crippen MR) is 103 cm³/mol. The molecule has 2 heterocycles. The summed E-state index contributed by atoms with van der Waals surface area (Å²) in [5.74, 6) is 1.15. The Hall–Kier alpha value is -3.42. The van der Waals surface area contributed by atoms with E-state index in [0.717, 1.165) is 17.0 Å². The van der Waals surface area contributed by atoms with E-state index in [0.29, 0.717) is 24.5 Å². The van der Waals surface area contributed by atoms with Crippen molar-refractivity contribution in [3.8, 4) is 11.7 Å². The van der Waals surface area contributed by atoms with Crippen LogP contribution in [0.1, 0.15) is 12.0 Å². The van der Waals surface area contributed by atoms with Crippen LogP contribution < -0.4 is 15.0 Å². The lowest BCUT2D eigenvalue weighted by molar-refractivity contribution is -0.116. The van der Waals surface area contributed by atoms with Crippen molar-refractivity contribution in [3.63, 3.8) is 0 Å². The maximum atomic E-state index is 12.2. The number of anilines is 2. The van der Waals surface area contributed by atoms with Crippen molar-refractivity contribution in [1.29, 1.82) is 0 Å². The van der Waals surface area contributed by atoms with Crippen molar-refractivity contribution in [2.45, 2.75) is 12.8 Å². The van der Waals surface area contributed by atoms with Gasteiger partial charge in [-0.05, 0) is 24.1 Å². The van der Waals surface area contributed by atoms with E-state index >= 15 is 0 Å². The number of methoxy groups -OCH3 is 1. The third-order valence-electron chi connectivity index (χ3n) is 3.99. The number of aryl methyl sites for hydroxylation is 1. The first kappa shape index (κ1) is 18.4. The van der Waals surface area contributed by atoms with Crippen LogP contribution >= 0.6 is 0 Å². The third-order valence-corrected chi connectivity index (χ3v) is 3.99. The van der Waals surface area contributed by atoms with Gasteiger partial charge in [0.1, 0.15) is 5.75 Å². The van der Waals surface area contributed by atoms with Crippen LogP contribution in [-0.2, 0) is 11.2 Å². The fourth-order valence-electron chi connectivity index (χ4n) is 2.47. The molecule has 3 aromatic rings. The smallest absolute Gasteiger partial charge is 0.250 e. The lowest BCUT2D eigenvalue weighted by Crippen LogP contribution is -2.12. The summed E-state index contributed by atoms with van der Waals surface area (Å²) >= 11 is 0. The maximum Gasteiger partial charge on any atom is 0.250 e. The Morgan fingerprint density at radius 3 is 2.70 bits per heavy atom. The summed E-state index contributed by atoms with van der Waals surface area (Å²) in [6.07, 6.45) is 7.70. The van der Waals surface area contributed by atoms with Crippen molar-refractivity contribution in [3.05, 3.63) is 54.6 Å². The Bertz CT molecular complexity index is 905. The van der Waals surface area contributed by atoms with Crippen LogP contribution in [0.15, 0.2) is 49.1 Å². The molecule has 0 bridgehead atoms. The van der Waals surface area contributed by atoms with Crippen LogP contribution in [0.2, 0.25) is 0 Å². The number of benzene rings is 1. The van der Waals surface area contributed by atoms with E-state index in [9.17, 15) is 4.79 Å². The number of carbonyl (C=O) groups excluding carboxylic acids is 1. The summed E-state index contributed by atoms with van der Waals surface area (Å²) in [6.45, 7) is 0. The summed E-state index contributed by atoms with van der Waals surface area (Å²) < 4.78 is 6.72. The molecule has 0 atom stereocenters. The monoisotopic (exact) mass is 366 g/mol. The Kier molecular flexibility index (Phi) is 5.65. The molecule has 0 unspecified atom stereocenters. The molecule has 0 aliphatic rings. The number of amides is 1. The summed E-state index contributed by atoms with van der Waals surface area (Å²) in [6, 6.07) is 7.70. The van der Waals surface area contributed by atoms with Gasteiger partial charge >= 0.3 is 0 Å². The molecule has 0 fully saturated rings. The van der Waals surface area contributed by atoms with Crippen LogP contribution in [0.25, 0.3) is 5.95 Å². The van der Waals surface area contributed by atoms with Crippen molar-refractivity contribution >= 4 is 17.3 Å². The number of nitrogens with one attached hydrogen (secondary N) is 1. The first-order chi connectivity index (χ1) is 13.0. The third kappa shape index (κ3) is 4.81. The summed E-state index contributed by atoms with van der Waals surface area (Å²) in [7, 11) is 5.47. The normalized spacial score (nSPS) is 10.5. The zero-order valence-corrected chi connectivity index (χ0v) is 15.6. The topological polar surface area (TPSA) is 85.2 Å². The zero-order chi connectivity index (χ0) is 19.2. The van der Waals surface area contributed by atoms with Gasteiger partial charge in [-0.3, -0.25) is 4.79 Å². The minimum Gasteiger partial charge on any atom is -0.497 e. The molecular weight excluding hydrogens is 344 g/mol. The number of ether oxygens (including phenoxy) is 1. The van der Waals surface area contributed by atoms with Crippen molar-refractivity contribution in [2.75, 3.05) is 31.4 Å². The van der Waals surface area contributed by atoms with E-state index in [1.165, 1.54) is 4.68 Å². The lowest BCUT2D eigenvalue weighted by Gasteiger charge is -2.10. The molecule has 1 aromatic carbocycles. The van der Waals surface area contributed by atoms with E-state index < -0.39 is 0 Å². The highest BCUT2D eigenvalue weighted by Gasteiger charge is 2.08. The second-order valence-corrected chi connectivity index (χ2v) is 6.21. The number of nitrogens with zero attached hydrogens (tertiary/aromatic N) is 5. The molecule has 8 heteroatoms. The molecule has 0 saturated carbocycles. The predicted octanol–water partition coefficient (Wildman–Crippen LogP) is 2.31. The van der Waals surface area contributed by atoms with Crippen molar-refractivity contribution in [2.24, 2.45) is 0 Å². The van der Waals surface area contributed by atoms with Crippen molar-refractivity contribution < 1.29 is 9.53 Å². The van der Waals surface area contributed by atoms with Gasteiger partial charge in [-0.2, -0.15) is 5.10 Å². The molecule has 0 radical (unpaired) electrons. The molecule has 0 aliphatic heterocycles. The molecule has 0 aliphatic carbocycles. The van der Waals surface area contributed by atoms with Gasteiger partial charge in [-0.15, -0.1) is 0 Å². The minimum absolute atomic E-state index is 0.0822. The highest BCUT2D eigenvalue weighted by molar-refractivity contribution is 5.90. The quantitative estimate of drug-likeness (QED) is 0.691. The SMILES string of the molecule is COc1cccc(CCC(=O)Nc2cnn(-c3ncc(N(C)C)cn3)c2)c1. The van der Waals surface area contributed by atoms with Gasteiger partial charge in [0.15, 0.2) is 0 Å². The highest BCUT2D eigenvalue weighted by Crippen LogP contribution is 2.15. The zero-order valence-electron chi connectivity index (χ0n) is 15.6. The van der Waals surface area contributed by atoms with E-state index in [1.807, 2.05) is 43.3 Å². The summed E-state index contributed by atoms with van der Waals surface area (Å²) in [4.78, 5) is 22.7. The summed E-state index contributed by atoms with van der Waals surface area (Å²) in [5.41, 5.74) is 2.55.